The SMILES string of the molecule is Cc1cn(C(C)c2ccccc2)c(N(C(=O)c2ccccc2)C(=O)c2ccccc2)c1C#N.c1cc[nH]c1. The molecule has 0 radical (unpaired) electrons. The molecule has 0 saturated heterocycles. The lowest BCUT2D eigenvalue weighted by atomic mass is 10.1. The van der Waals surface area contributed by atoms with Crippen LogP contribution in [-0.4, -0.2) is 21.4 Å². The smallest absolute Gasteiger partial charge is 0.266 e. The average molecular weight is 501 g/mol. The molecule has 2 aromatic heterocycles. The van der Waals surface area contributed by atoms with Crippen molar-refractivity contribution in [1.82, 2.24) is 9.55 Å². The molecule has 0 bridgehead atoms. The van der Waals surface area contributed by atoms with Gasteiger partial charge in [-0.3, -0.25) is 9.59 Å². The van der Waals surface area contributed by atoms with E-state index < -0.39 is 11.8 Å². The van der Waals surface area contributed by atoms with E-state index in [1.165, 1.54) is 0 Å². The molecule has 1 atom stereocenters. The van der Waals surface area contributed by atoms with Crippen molar-refractivity contribution in [2.45, 2.75) is 19.9 Å². The van der Waals surface area contributed by atoms with Crippen LogP contribution in [0.15, 0.2) is 122 Å². The number of imide groups is 1. The molecular weight excluding hydrogens is 472 g/mol. The van der Waals surface area contributed by atoms with Gasteiger partial charge in [0.25, 0.3) is 11.8 Å². The van der Waals surface area contributed by atoms with E-state index >= 15 is 0 Å². The van der Waals surface area contributed by atoms with Gasteiger partial charge in [0.2, 0.25) is 0 Å². The number of aryl methyl sites for hydroxylation is 1. The van der Waals surface area contributed by atoms with Gasteiger partial charge in [0.05, 0.1) is 11.6 Å². The molecule has 0 saturated carbocycles. The monoisotopic (exact) mass is 500 g/mol. The number of anilines is 1. The summed E-state index contributed by atoms with van der Waals surface area (Å²) in [6.07, 6.45) is 5.58. The number of benzene rings is 3. The predicted molar refractivity (Wildman–Crippen MR) is 149 cm³/mol. The molecule has 6 heteroatoms. The van der Waals surface area contributed by atoms with Crippen molar-refractivity contribution in [3.63, 3.8) is 0 Å². The summed E-state index contributed by atoms with van der Waals surface area (Å²) in [6, 6.07) is 33.0. The Bertz CT molecular complexity index is 1450. The molecule has 5 aromatic rings. The minimum absolute atomic E-state index is 0.211. The van der Waals surface area contributed by atoms with Crippen LogP contribution in [0, 0.1) is 18.3 Å². The van der Waals surface area contributed by atoms with Crippen molar-refractivity contribution in [3.05, 3.63) is 150 Å². The van der Waals surface area contributed by atoms with Crippen LogP contribution in [0.5, 0.6) is 0 Å². The molecule has 6 nitrogen and oxygen atoms in total. The molecule has 38 heavy (non-hydrogen) atoms. The Morgan fingerprint density at radius 1 is 0.789 bits per heavy atom. The van der Waals surface area contributed by atoms with E-state index in [1.807, 2.05) is 91.6 Å². The number of hydrogen-bond donors (Lipinski definition) is 1. The molecule has 0 fully saturated rings. The topological polar surface area (TPSA) is 81.9 Å². The van der Waals surface area contributed by atoms with Crippen molar-refractivity contribution in [3.8, 4) is 6.07 Å². The van der Waals surface area contributed by atoms with Crippen molar-refractivity contribution in [1.29, 1.82) is 5.26 Å². The van der Waals surface area contributed by atoms with Gasteiger partial charge in [-0.2, -0.15) is 5.26 Å². The highest BCUT2D eigenvalue weighted by atomic mass is 16.2. The summed E-state index contributed by atoms with van der Waals surface area (Å²) in [5.74, 6) is -0.699. The van der Waals surface area contributed by atoms with Gasteiger partial charge in [0, 0.05) is 29.7 Å². The Balaban J connectivity index is 0.000000603. The van der Waals surface area contributed by atoms with Gasteiger partial charge >= 0.3 is 0 Å². The van der Waals surface area contributed by atoms with Crippen LogP contribution >= 0.6 is 0 Å². The molecule has 2 heterocycles. The van der Waals surface area contributed by atoms with Crippen LogP contribution in [0.4, 0.5) is 5.82 Å². The number of carbonyl (C=O) groups is 2. The van der Waals surface area contributed by atoms with Crippen molar-refractivity contribution < 1.29 is 9.59 Å². The van der Waals surface area contributed by atoms with Crippen LogP contribution in [0.1, 0.15) is 50.4 Å². The van der Waals surface area contributed by atoms with Gasteiger partial charge in [0.15, 0.2) is 0 Å². The summed E-state index contributed by atoms with van der Waals surface area (Å²) in [7, 11) is 0. The second-order valence-corrected chi connectivity index (χ2v) is 8.68. The molecule has 0 aliphatic carbocycles. The van der Waals surface area contributed by atoms with Crippen molar-refractivity contribution in [2.24, 2.45) is 0 Å². The fourth-order valence-electron chi connectivity index (χ4n) is 4.17. The minimum atomic E-state index is -0.486. The largest absolute Gasteiger partial charge is 0.368 e. The second kappa shape index (κ2) is 12.2. The number of H-pyrrole nitrogens is 1. The normalized spacial score (nSPS) is 11.0. The Kier molecular flexibility index (Phi) is 8.32. The summed E-state index contributed by atoms with van der Waals surface area (Å²) in [5.41, 5.74) is 2.72. The third kappa shape index (κ3) is 5.63. The van der Waals surface area contributed by atoms with Gasteiger partial charge in [-0.15, -0.1) is 0 Å². The number of amides is 2. The van der Waals surface area contributed by atoms with E-state index in [4.69, 9.17) is 0 Å². The predicted octanol–water partition coefficient (Wildman–Crippen LogP) is 6.78. The lowest BCUT2D eigenvalue weighted by molar-refractivity contribution is 0.0895. The summed E-state index contributed by atoms with van der Waals surface area (Å²) < 4.78 is 1.84. The fraction of sp³-hybridized carbons (Fsp3) is 0.0938. The second-order valence-electron chi connectivity index (χ2n) is 8.68. The number of nitrogens with zero attached hydrogens (tertiary/aromatic N) is 3. The maximum atomic E-state index is 13.7. The van der Waals surface area contributed by atoms with Crippen LogP contribution in [-0.2, 0) is 0 Å². The third-order valence-electron chi connectivity index (χ3n) is 6.16. The number of nitrogens with one attached hydrogen (secondary N) is 1. The number of aromatic amines is 1. The van der Waals surface area contributed by atoms with Gasteiger partial charge in [-0.05, 0) is 61.4 Å². The van der Waals surface area contributed by atoms with Gasteiger partial charge in [0.1, 0.15) is 11.9 Å². The molecule has 0 aliphatic rings. The molecule has 1 N–H and O–H groups in total. The zero-order chi connectivity index (χ0) is 26.9. The zero-order valence-electron chi connectivity index (χ0n) is 21.3. The molecule has 0 spiro atoms. The Labute approximate surface area is 222 Å². The number of carbonyl (C=O) groups excluding carboxylic acids is 2. The first kappa shape index (κ1) is 25.9. The van der Waals surface area contributed by atoms with Crippen LogP contribution in [0.2, 0.25) is 0 Å². The third-order valence-corrected chi connectivity index (χ3v) is 6.16. The molecular formula is C32H28N4O2. The standard InChI is InChI=1S/C28H23N3O2.C4H5N/c1-20-19-30(21(2)22-12-6-3-7-13-22)26(25(20)18-29)31(27(32)23-14-8-4-9-15-23)28(33)24-16-10-5-11-17-24;1-2-4-5-3-1/h3-17,19,21H,1-2H3;1-5H. The molecule has 5 rings (SSSR count). The molecule has 3 aromatic carbocycles. The molecule has 1 unspecified atom stereocenters. The highest BCUT2D eigenvalue weighted by molar-refractivity contribution is 6.25. The quantitative estimate of drug-likeness (QED) is 0.270. The van der Waals surface area contributed by atoms with E-state index in [9.17, 15) is 14.9 Å². The average Bonchev–Trinajstić information content (AvgIpc) is 3.66. The maximum Gasteiger partial charge on any atom is 0.266 e. The number of nitriles is 1. The highest BCUT2D eigenvalue weighted by Crippen LogP contribution is 2.33. The first-order valence-corrected chi connectivity index (χ1v) is 12.3. The molecule has 188 valence electrons. The van der Waals surface area contributed by atoms with Gasteiger partial charge in [-0.1, -0.05) is 66.7 Å². The van der Waals surface area contributed by atoms with Crippen LogP contribution < -0.4 is 4.90 Å². The van der Waals surface area contributed by atoms with Crippen LogP contribution in [0.25, 0.3) is 0 Å². The van der Waals surface area contributed by atoms with Crippen molar-refractivity contribution in [2.75, 3.05) is 4.90 Å². The van der Waals surface area contributed by atoms with E-state index in [2.05, 4.69) is 11.1 Å². The lowest BCUT2D eigenvalue weighted by Crippen LogP contribution is -2.39. The van der Waals surface area contributed by atoms with Crippen molar-refractivity contribution >= 4 is 17.6 Å². The van der Waals surface area contributed by atoms with Crippen LogP contribution in [0.3, 0.4) is 0 Å². The fourth-order valence-corrected chi connectivity index (χ4v) is 4.17. The van der Waals surface area contributed by atoms with Gasteiger partial charge in [-0.25, -0.2) is 4.90 Å². The number of rotatable bonds is 5. The maximum absolute atomic E-state index is 13.7. The number of aromatic nitrogens is 2. The molecule has 0 aliphatic heterocycles. The Morgan fingerprint density at radius 3 is 1.68 bits per heavy atom. The van der Waals surface area contributed by atoms with E-state index in [1.54, 1.807) is 48.5 Å². The summed E-state index contributed by atoms with van der Waals surface area (Å²) >= 11 is 0. The van der Waals surface area contributed by atoms with E-state index in [0.29, 0.717) is 22.3 Å². The van der Waals surface area contributed by atoms with E-state index in [-0.39, 0.29) is 11.9 Å². The minimum Gasteiger partial charge on any atom is -0.368 e. The highest BCUT2D eigenvalue weighted by Gasteiger charge is 2.33. The first-order valence-electron chi connectivity index (χ1n) is 12.3. The summed E-state index contributed by atoms with van der Waals surface area (Å²) in [4.78, 5) is 31.5. The zero-order valence-corrected chi connectivity index (χ0v) is 21.3. The summed E-state index contributed by atoms with van der Waals surface area (Å²) in [5, 5.41) is 10.0. The number of hydrogen-bond acceptors (Lipinski definition) is 3. The Morgan fingerprint density at radius 2 is 1.26 bits per heavy atom. The molecule has 2 amide bonds. The Hall–Kier alpha value is -5.15. The summed E-state index contributed by atoms with van der Waals surface area (Å²) in [6.45, 7) is 3.80. The first-order chi connectivity index (χ1) is 18.5. The van der Waals surface area contributed by atoms with E-state index in [0.717, 1.165) is 10.5 Å². The lowest BCUT2D eigenvalue weighted by Gasteiger charge is -2.26. The van der Waals surface area contributed by atoms with Gasteiger partial charge < -0.3 is 9.55 Å².